The number of H-pyrrole nitrogens is 1. The number of rotatable bonds is 4. The second kappa shape index (κ2) is 5.39. The number of aromatic nitrogens is 2. The van der Waals surface area contributed by atoms with Crippen LogP contribution in [0.4, 0.5) is 10.1 Å². The number of nitrogens with zero attached hydrogens (tertiary/aromatic N) is 1. The number of aliphatic hydroxyl groups is 1. The number of aryl methyl sites for hydroxylation is 1. The minimum absolute atomic E-state index is 0.0254. The van der Waals surface area contributed by atoms with Crippen LogP contribution < -0.4 is 4.72 Å². The predicted molar refractivity (Wildman–Crippen MR) is 71.5 cm³/mol. The number of benzene rings is 1. The van der Waals surface area contributed by atoms with Crippen molar-refractivity contribution in [2.75, 3.05) is 4.72 Å². The second-order valence-electron chi connectivity index (χ2n) is 4.01. The number of anilines is 1. The van der Waals surface area contributed by atoms with Crippen molar-refractivity contribution in [1.82, 2.24) is 10.2 Å². The number of aliphatic hydroxyl groups excluding tert-OH is 1. The van der Waals surface area contributed by atoms with Gasteiger partial charge in [-0.1, -0.05) is 11.6 Å². The van der Waals surface area contributed by atoms with Gasteiger partial charge in [0.1, 0.15) is 16.4 Å². The van der Waals surface area contributed by atoms with E-state index in [-0.39, 0.29) is 27.0 Å². The second-order valence-corrected chi connectivity index (χ2v) is 6.04. The molecule has 0 bridgehead atoms. The zero-order valence-corrected chi connectivity index (χ0v) is 11.9. The van der Waals surface area contributed by atoms with Gasteiger partial charge in [-0.2, -0.15) is 5.10 Å². The first-order chi connectivity index (χ1) is 9.35. The topological polar surface area (TPSA) is 95.1 Å². The van der Waals surface area contributed by atoms with E-state index in [9.17, 15) is 12.8 Å². The number of aromatic amines is 1. The number of sulfonamides is 1. The van der Waals surface area contributed by atoms with Crippen molar-refractivity contribution in [3.05, 3.63) is 40.4 Å². The third-order valence-corrected chi connectivity index (χ3v) is 4.45. The van der Waals surface area contributed by atoms with Crippen LogP contribution in [0.2, 0.25) is 5.02 Å². The van der Waals surface area contributed by atoms with Crippen LogP contribution in [-0.4, -0.2) is 23.7 Å². The number of halogens is 2. The largest absolute Gasteiger partial charge is 0.390 e. The Kier molecular flexibility index (Phi) is 3.98. The first-order valence-corrected chi connectivity index (χ1v) is 7.34. The summed E-state index contributed by atoms with van der Waals surface area (Å²) in [7, 11) is -4.04. The maximum absolute atomic E-state index is 13.1. The van der Waals surface area contributed by atoms with Crippen LogP contribution in [0, 0.1) is 12.7 Å². The molecule has 0 atom stereocenters. The molecule has 9 heteroatoms. The molecule has 108 valence electrons. The molecule has 0 aliphatic carbocycles. The fraction of sp³-hybridized carbons (Fsp3) is 0.182. The van der Waals surface area contributed by atoms with Crippen LogP contribution in [0.5, 0.6) is 0 Å². The Morgan fingerprint density at radius 2 is 2.20 bits per heavy atom. The Labute approximate surface area is 119 Å². The lowest BCUT2D eigenvalue weighted by molar-refractivity contribution is 0.273. The van der Waals surface area contributed by atoms with Crippen molar-refractivity contribution in [3.63, 3.8) is 0 Å². The van der Waals surface area contributed by atoms with Crippen LogP contribution in [0.3, 0.4) is 0 Å². The lowest BCUT2D eigenvalue weighted by Crippen LogP contribution is -2.15. The summed E-state index contributed by atoms with van der Waals surface area (Å²) >= 11 is 5.81. The molecule has 2 aromatic rings. The number of nitrogens with one attached hydrogen (secondary N) is 2. The van der Waals surface area contributed by atoms with Gasteiger partial charge >= 0.3 is 0 Å². The van der Waals surface area contributed by atoms with E-state index in [1.165, 1.54) is 13.0 Å². The molecule has 1 heterocycles. The SMILES string of the molecule is Cc1[nH]nc(CO)c1S(=O)(=O)Nc1cc(F)ccc1Cl. The van der Waals surface area contributed by atoms with Gasteiger partial charge in [-0.3, -0.25) is 9.82 Å². The normalized spacial score (nSPS) is 11.6. The van der Waals surface area contributed by atoms with E-state index in [1.54, 1.807) is 0 Å². The van der Waals surface area contributed by atoms with Crippen LogP contribution >= 0.6 is 11.6 Å². The lowest BCUT2D eigenvalue weighted by atomic mass is 10.3. The Balaban J connectivity index is 2.46. The summed E-state index contributed by atoms with van der Waals surface area (Å²) in [6.07, 6.45) is 0. The average molecular weight is 320 g/mol. The lowest BCUT2D eigenvalue weighted by Gasteiger charge is -2.10. The molecular weight excluding hydrogens is 309 g/mol. The highest BCUT2D eigenvalue weighted by Gasteiger charge is 2.24. The molecule has 0 amide bonds. The summed E-state index contributed by atoms with van der Waals surface area (Å²) in [6.45, 7) is 0.950. The third-order valence-electron chi connectivity index (χ3n) is 2.55. The summed E-state index contributed by atoms with van der Waals surface area (Å²) in [5.74, 6) is -0.626. The van der Waals surface area contributed by atoms with Crippen molar-refractivity contribution in [2.45, 2.75) is 18.4 Å². The standard InChI is InChI=1S/C11H11ClFN3O3S/c1-6-11(10(5-17)15-14-6)20(18,19)16-9-4-7(13)2-3-8(9)12/h2-4,16-17H,5H2,1H3,(H,14,15). The Bertz CT molecular complexity index is 745. The molecule has 0 spiro atoms. The van der Waals surface area contributed by atoms with Crippen LogP contribution in [0.1, 0.15) is 11.4 Å². The quantitative estimate of drug-likeness (QED) is 0.801. The molecule has 3 N–H and O–H groups in total. The molecule has 1 aromatic heterocycles. The zero-order valence-electron chi connectivity index (χ0n) is 10.3. The van der Waals surface area contributed by atoms with Gasteiger partial charge in [0.05, 0.1) is 23.0 Å². The molecule has 1 aromatic carbocycles. The van der Waals surface area contributed by atoms with E-state index >= 15 is 0 Å². The fourth-order valence-electron chi connectivity index (χ4n) is 1.70. The summed E-state index contributed by atoms with van der Waals surface area (Å²) < 4.78 is 39.8. The summed E-state index contributed by atoms with van der Waals surface area (Å²) in [4.78, 5) is -0.180. The van der Waals surface area contributed by atoms with Crippen molar-refractivity contribution in [2.24, 2.45) is 0 Å². The summed E-state index contributed by atoms with van der Waals surface area (Å²) in [5.41, 5.74) is 0.146. The highest BCUT2D eigenvalue weighted by molar-refractivity contribution is 7.92. The highest BCUT2D eigenvalue weighted by atomic mass is 35.5. The molecule has 0 radical (unpaired) electrons. The van der Waals surface area contributed by atoms with Gasteiger partial charge in [-0.05, 0) is 25.1 Å². The van der Waals surface area contributed by atoms with Crippen LogP contribution in [0.25, 0.3) is 0 Å². The van der Waals surface area contributed by atoms with Crippen molar-refractivity contribution in [1.29, 1.82) is 0 Å². The monoisotopic (exact) mass is 319 g/mol. The van der Waals surface area contributed by atoms with E-state index in [0.717, 1.165) is 12.1 Å². The van der Waals surface area contributed by atoms with Gasteiger partial charge in [0.2, 0.25) is 0 Å². The first kappa shape index (κ1) is 14.8. The average Bonchev–Trinajstić information content (AvgIpc) is 2.75. The Morgan fingerprint density at radius 3 is 2.85 bits per heavy atom. The van der Waals surface area contributed by atoms with Crippen LogP contribution in [0.15, 0.2) is 23.1 Å². The maximum Gasteiger partial charge on any atom is 0.265 e. The van der Waals surface area contributed by atoms with E-state index in [4.69, 9.17) is 16.7 Å². The molecule has 0 unspecified atom stereocenters. The highest BCUT2D eigenvalue weighted by Crippen LogP contribution is 2.27. The van der Waals surface area contributed by atoms with E-state index in [2.05, 4.69) is 14.9 Å². The minimum atomic E-state index is -4.04. The number of hydrogen-bond donors (Lipinski definition) is 3. The van der Waals surface area contributed by atoms with Gasteiger partial charge in [0, 0.05) is 0 Å². The van der Waals surface area contributed by atoms with Crippen molar-refractivity contribution >= 4 is 27.3 Å². The van der Waals surface area contributed by atoms with Gasteiger partial charge in [-0.25, -0.2) is 12.8 Å². The van der Waals surface area contributed by atoms with E-state index < -0.39 is 22.4 Å². The molecule has 0 aliphatic heterocycles. The van der Waals surface area contributed by atoms with Gasteiger partial charge < -0.3 is 5.11 Å². The molecule has 6 nitrogen and oxygen atoms in total. The number of hydrogen-bond acceptors (Lipinski definition) is 4. The molecule has 0 aliphatic rings. The predicted octanol–water partition coefficient (Wildman–Crippen LogP) is 1.80. The molecular formula is C11H11ClFN3O3S. The molecule has 2 rings (SSSR count). The van der Waals surface area contributed by atoms with Gasteiger partial charge in [-0.15, -0.1) is 0 Å². The Morgan fingerprint density at radius 1 is 1.50 bits per heavy atom. The van der Waals surface area contributed by atoms with Crippen molar-refractivity contribution < 1.29 is 17.9 Å². The fourth-order valence-corrected chi connectivity index (χ4v) is 3.36. The molecule has 20 heavy (non-hydrogen) atoms. The zero-order chi connectivity index (χ0) is 14.9. The third kappa shape index (κ3) is 2.77. The van der Waals surface area contributed by atoms with Gasteiger partial charge in [0.25, 0.3) is 10.0 Å². The molecule has 0 fully saturated rings. The van der Waals surface area contributed by atoms with E-state index in [0.29, 0.717) is 0 Å². The maximum atomic E-state index is 13.1. The minimum Gasteiger partial charge on any atom is -0.390 e. The van der Waals surface area contributed by atoms with Gasteiger partial charge in [0.15, 0.2) is 0 Å². The van der Waals surface area contributed by atoms with Crippen molar-refractivity contribution in [3.8, 4) is 0 Å². The summed E-state index contributed by atoms with van der Waals surface area (Å²) in [5, 5.41) is 15.3. The first-order valence-electron chi connectivity index (χ1n) is 5.47. The smallest absolute Gasteiger partial charge is 0.265 e. The van der Waals surface area contributed by atoms with E-state index in [1.807, 2.05) is 0 Å². The summed E-state index contributed by atoms with van der Waals surface area (Å²) in [6, 6.07) is 3.32. The molecule has 0 saturated heterocycles. The van der Waals surface area contributed by atoms with Crippen LogP contribution in [-0.2, 0) is 16.6 Å². The molecule has 0 saturated carbocycles. The Hall–Kier alpha value is -1.64.